The van der Waals surface area contributed by atoms with Crippen molar-refractivity contribution in [2.75, 3.05) is 0 Å². The number of nitrogens with two attached hydrogens (primary N) is 1. The van der Waals surface area contributed by atoms with E-state index in [9.17, 15) is 0 Å². The van der Waals surface area contributed by atoms with E-state index in [1.807, 2.05) is 0 Å². The van der Waals surface area contributed by atoms with Crippen LogP contribution in [0.1, 0.15) is 50.0 Å². The highest BCUT2D eigenvalue weighted by Gasteiger charge is 2.37. The van der Waals surface area contributed by atoms with Crippen molar-refractivity contribution in [3.63, 3.8) is 0 Å². The number of fused-ring (bicyclic) bond motifs is 1. The molecule has 1 aromatic carbocycles. The minimum Gasteiger partial charge on any atom is -0.459 e. The summed E-state index contributed by atoms with van der Waals surface area (Å²) in [7, 11) is 0. The van der Waals surface area contributed by atoms with E-state index in [2.05, 4.69) is 38.1 Å². The second-order valence-corrected chi connectivity index (χ2v) is 5.98. The summed E-state index contributed by atoms with van der Waals surface area (Å²) in [6, 6.07) is 8.39. The zero-order valence-electron chi connectivity index (χ0n) is 11.2. The number of benzene rings is 1. The van der Waals surface area contributed by atoms with Crippen LogP contribution in [0.4, 0.5) is 0 Å². The fraction of sp³-hybridized carbons (Fsp3) is 0.500. The Morgan fingerprint density at radius 1 is 1.28 bits per heavy atom. The Hall–Kier alpha value is -1.28. The van der Waals surface area contributed by atoms with Crippen molar-refractivity contribution in [1.29, 1.82) is 0 Å². The maximum absolute atomic E-state index is 6.45. The van der Waals surface area contributed by atoms with Crippen molar-refractivity contribution in [2.45, 2.75) is 45.6 Å². The van der Waals surface area contributed by atoms with Crippen LogP contribution in [0.15, 0.2) is 28.7 Å². The quantitative estimate of drug-likeness (QED) is 0.853. The van der Waals surface area contributed by atoms with E-state index in [-0.39, 0.29) is 11.5 Å². The lowest BCUT2D eigenvalue weighted by molar-refractivity contribution is 0.239. The summed E-state index contributed by atoms with van der Waals surface area (Å²) in [6.45, 7) is 4.38. The smallest absolute Gasteiger partial charge is 0.137 e. The largest absolute Gasteiger partial charge is 0.459 e. The fourth-order valence-electron chi connectivity index (χ4n) is 3.22. The summed E-state index contributed by atoms with van der Waals surface area (Å²) in [5, 5.41) is 1.17. The van der Waals surface area contributed by atoms with Crippen LogP contribution in [-0.2, 0) is 0 Å². The van der Waals surface area contributed by atoms with Gasteiger partial charge in [-0.3, -0.25) is 0 Å². The molecule has 2 nitrogen and oxygen atoms in total. The van der Waals surface area contributed by atoms with Gasteiger partial charge < -0.3 is 10.2 Å². The number of para-hydroxylation sites is 1. The molecule has 3 rings (SSSR count). The van der Waals surface area contributed by atoms with Crippen LogP contribution in [0, 0.1) is 12.3 Å². The maximum Gasteiger partial charge on any atom is 0.137 e. The zero-order valence-corrected chi connectivity index (χ0v) is 11.2. The SMILES string of the molecule is Cc1cccc2cc(C(N)C3(C)CCCC3)oc12. The molecule has 96 valence electrons. The van der Waals surface area contributed by atoms with Crippen LogP contribution in [0.3, 0.4) is 0 Å². The first-order chi connectivity index (χ1) is 8.60. The first-order valence-electron chi connectivity index (χ1n) is 6.85. The Labute approximate surface area is 108 Å². The van der Waals surface area contributed by atoms with Crippen LogP contribution in [0.25, 0.3) is 11.0 Å². The van der Waals surface area contributed by atoms with E-state index in [1.54, 1.807) is 0 Å². The van der Waals surface area contributed by atoms with Gasteiger partial charge in [0.05, 0.1) is 6.04 Å². The molecule has 0 aliphatic heterocycles. The lowest BCUT2D eigenvalue weighted by Gasteiger charge is -2.29. The molecular weight excluding hydrogens is 222 g/mol. The molecule has 1 aliphatic carbocycles. The molecular formula is C16H21NO. The van der Waals surface area contributed by atoms with Crippen molar-refractivity contribution in [3.05, 3.63) is 35.6 Å². The summed E-state index contributed by atoms with van der Waals surface area (Å²) in [5.74, 6) is 0.948. The molecule has 1 atom stereocenters. The van der Waals surface area contributed by atoms with E-state index in [0.717, 1.165) is 11.3 Å². The Balaban J connectivity index is 2.01. The van der Waals surface area contributed by atoms with Gasteiger partial charge in [-0.2, -0.15) is 0 Å². The van der Waals surface area contributed by atoms with Gasteiger partial charge in [0.1, 0.15) is 11.3 Å². The summed E-state index contributed by atoms with van der Waals surface area (Å²) < 4.78 is 6.01. The molecule has 0 saturated heterocycles. The van der Waals surface area contributed by atoms with Gasteiger partial charge in [-0.25, -0.2) is 0 Å². The van der Waals surface area contributed by atoms with Gasteiger partial charge in [-0.1, -0.05) is 38.0 Å². The molecule has 2 heteroatoms. The monoisotopic (exact) mass is 243 g/mol. The standard InChI is InChI=1S/C16H21NO/c1-11-6-5-7-12-10-13(18-14(11)12)15(17)16(2)8-3-4-9-16/h5-7,10,15H,3-4,8-9,17H2,1-2H3. The molecule has 2 N–H and O–H groups in total. The van der Waals surface area contributed by atoms with Crippen molar-refractivity contribution < 1.29 is 4.42 Å². The molecule has 2 aromatic rings. The molecule has 0 radical (unpaired) electrons. The lowest BCUT2D eigenvalue weighted by Crippen LogP contribution is -2.28. The van der Waals surface area contributed by atoms with E-state index in [1.165, 1.54) is 36.6 Å². The third-order valence-corrected chi connectivity index (χ3v) is 4.56. The van der Waals surface area contributed by atoms with Crippen molar-refractivity contribution in [1.82, 2.24) is 0 Å². The second-order valence-electron chi connectivity index (χ2n) is 5.98. The van der Waals surface area contributed by atoms with Crippen molar-refractivity contribution >= 4 is 11.0 Å². The molecule has 1 saturated carbocycles. The molecule has 1 aromatic heterocycles. The summed E-state index contributed by atoms with van der Waals surface area (Å²) in [6.07, 6.45) is 5.02. The van der Waals surface area contributed by atoms with E-state index >= 15 is 0 Å². The molecule has 0 amide bonds. The minimum absolute atomic E-state index is 0.0202. The highest BCUT2D eigenvalue weighted by atomic mass is 16.3. The molecule has 1 heterocycles. The first kappa shape index (κ1) is 11.8. The lowest BCUT2D eigenvalue weighted by atomic mass is 9.80. The predicted molar refractivity (Wildman–Crippen MR) is 74.5 cm³/mol. The second kappa shape index (κ2) is 4.13. The summed E-state index contributed by atoms with van der Waals surface area (Å²) in [5.41, 5.74) is 8.84. The normalized spacial score (nSPS) is 20.4. The zero-order chi connectivity index (χ0) is 12.8. The fourth-order valence-corrected chi connectivity index (χ4v) is 3.22. The molecule has 1 aliphatic rings. The van der Waals surface area contributed by atoms with Crippen molar-refractivity contribution in [3.8, 4) is 0 Å². The van der Waals surface area contributed by atoms with Gasteiger partial charge in [-0.15, -0.1) is 0 Å². The Morgan fingerprint density at radius 2 is 2.00 bits per heavy atom. The summed E-state index contributed by atoms with van der Waals surface area (Å²) in [4.78, 5) is 0. The Kier molecular flexibility index (Phi) is 2.70. The topological polar surface area (TPSA) is 39.2 Å². The van der Waals surface area contributed by atoms with Crippen LogP contribution in [-0.4, -0.2) is 0 Å². The third kappa shape index (κ3) is 1.76. The predicted octanol–water partition coefficient (Wildman–Crippen LogP) is 4.32. The Morgan fingerprint density at radius 3 is 2.67 bits per heavy atom. The molecule has 1 fully saturated rings. The van der Waals surface area contributed by atoms with E-state index in [0.29, 0.717) is 0 Å². The van der Waals surface area contributed by atoms with Gasteiger partial charge in [0.15, 0.2) is 0 Å². The van der Waals surface area contributed by atoms with Gasteiger partial charge in [0.2, 0.25) is 0 Å². The molecule has 0 spiro atoms. The number of rotatable bonds is 2. The van der Waals surface area contributed by atoms with Crippen LogP contribution < -0.4 is 5.73 Å². The average molecular weight is 243 g/mol. The number of hydrogen-bond donors (Lipinski definition) is 1. The first-order valence-corrected chi connectivity index (χ1v) is 6.85. The molecule has 0 bridgehead atoms. The number of aryl methyl sites for hydroxylation is 1. The molecule has 18 heavy (non-hydrogen) atoms. The van der Waals surface area contributed by atoms with E-state index in [4.69, 9.17) is 10.2 Å². The van der Waals surface area contributed by atoms with Gasteiger partial charge in [-0.05, 0) is 36.8 Å². The van der Waals surface area contributed by atoms with Gasteiger partial charge in [0.25, 0.3) is 0 Å². The van der Waals surface area contributed by atoms with Gasteiger partial charge >= 0.3 is 0 Å². The number of hydrogen-bond acceptors (Lipinski definition) is 2. The van der Waals surface area contributed by atoms with Crippen LogP contribution >= 0.6 is 0 Å². The van der Waals surface area contributed by atoms with E-state index < -0.39 is 0 Å². The highest BCUT2D eigenvalue weighted by molar-refractivity contribution is 5.81. The van der Waals surface area contributed by atoms with Crippen molar-refractivity contribution in [2.24, 2.45) is 11.1 Å². The van der Waals surface area contributed by atoms with Crippen LogP contribution in [0.5, 0.6) is 0 Å². The maximum atomic E-state index is 6.45. The Bertz CT molecular complexity index is 563. The third-order valence-electron chi connectivity index (χ3n) is 4.56. The van der Waals surface area contributed by atoms with Gasteiger partial charge in [0, 0.05) is 5.39 Å². The highest BCUT2D eigenvalue weighted by Crippen LogP contribution is 2.46. The van der Waals surface area contributed by atoms with Crippen LogP contribution in [0.2, 0.25) is 0 Å². The number of furan rings is 1. The average Bonchev–Trinajstić information content (AvgIpc) is 2.96. The summed E-state index contributed by atoms with van der Waals surface area (Å²) >= 11 is 0. The minimum atomic E-state index is 0.0202. The molecule has 1 unspecified atom stereocenters.